The Morgan fingerprint density at radius 1 is 1.12 bits per heavy atom. The lowest BCUT2D eigenvalue weighted by Crippen LogP contribution is -2.32. The van der Waals surface area contributed by atoms with Crippen LogP contribution in [0.4, 0.5) is 5.69 Å². The van der Waals surface area contributed by atoms with Crippen LogP contribution in [-0.4, -0.2) is 71.9 Å². The van der Waals surface area contributed by atoms with Gasteiger partial charge in [0, 0.05) is 24.2 Å². The lowest BCUT2D eigenvalue weighted by molar-refractivity contribution is -0.384. The minimum absolute atomic E-state index is 0.0691. The number of ether oxygens (including phenoxy) is 2. The molecule has 1 fully saturated rings. The topological polar surface area (TPSA) is 122 Å². The first-order valence-corrected chi connectivity index (χ1v) is 10.9. The molecule has 1 amide bonds. The summed E-state index contributed by atoms with van der Waals surface area (Å²) >= 11 is 0. The molecule has 2 aliphatic rings. The van der Waals surface area contributed by atoms with Gasteiger partial charge in [-0.15, -0.1) is 0 Å². The summed E-state index contributed by atoms with van der Waals surface area (Å²) in [6.07, 6.45) is 0.605. The maximum absolute atomic E-state index is 13.1. The minimum atomic E-state index is -0.879. The molecule has 1 N–H and O–H groups in total. The van der Waals surface area contributed by atoms with Gasteiger partial charge >= 0.3 is 0 Å². The Labute approximate surface area is 196 Å². The van der Waals surface area contributed by atoms with Crippen molar-refractivity contribution in [3.63, 3.8) is 0 Å². The van der Waals surface area contributed by atoms with Crippen LogP contribution < -0.4 is 9.47 Å². The van der Waals surface area contributed by atoms with Crippen molar-refractivity contribution in [2.45, 2.75) is 12.5 Å². The number of nitro groups is 1. The predicted octanol–water partition coefficient (Wildman–Crippen LogP) is 2.74. The van der Waals surface area contributed by atoms with Crippen LogP contribution in [0, 0.1) is 10.1 Å². The molecule has 2 heterocycles. The van der Waals surface area contributed by atoms with Crippen molar-refractivity contribution in [1.82, 2.24) is 9.80 Å². The lowest BCUT2D eigenvalue weighted by Gasteiger charge is -2.26. The quantitative estimate of drug-likeness (QED) is 0.217. The highest BCUT2D eigenvalue weighted by molar-refractivity contribution is 6.46. The fourth-order valence-corrected chi connectivity index (χ4v) is 4.14. The van der Waals surface area contributed by atoms with Gasteiger partial charge in [-0.05, 0) is 63.0 Å². The SMILES string of the molecule is CN(C)CCCN1C(=O)C(=O)C(=C(O)c2ccc3c(c2)OCCO3)[C@@H]1c1ccc([N+](=O)[O-])cc1. The molecular formula is C24H25N3O7. The normalized spacial score (nSPS) is 19.0. The number of Topliss-reactive ketones (excluding diaryl/α,β-unsaturated/α-hetero) is 1. The number of aliphatic hydroxyl groups excluding tert-OH is 1. The molecule has 2 aliphatic heterocycles. The third-order valence-electron chi connectivity index (χ3n) is 5.78. The highest BCUT2D eigenvalue weighted by atomic mass is 16.6. The number of likely N-dealkylation sites (tertiary alicyclic amines) is 1. The number of nitrogens with zero attached hydrogens (tertiary/aromatic N) is 3. The summed E-state index contributed by atoms with van der Waals surface area (Å²) in [4.78, 5) is 40.0. The van der Waals surface area contributed by atoms with Gasteiger partial charge in [-0.25, -0.2) is 0 Å². The number of fused-ring (bicyclic) bond motifs is 1. The van der Waals surface area contributed by atoms with Gasteiger partial charge in [0.05, 0.1) is 16.5 Å². The van der Waals surface area contributed by atoms with Crippen molar-refractivity contribution in [2.24, 2.45) is 0 Å². The standard InChI is InChI=1S/C24H25N3O7/c1-25(2)10-3-11-26-21(15-4-7-17(8-5-15)27(31)32)20(23(29)24(26)30)22(28)16-6-9-18-19(14-16)34-13-12-33-18/h4-9,14,21,28H,3,10-13H2,1-2H3/t21-/m0/s1. The van der Waals surface area contributed by atoms with E-state index in [-0.39, 0.29) is 23.6 Å². The summed E-state index contributed by atoms with van der Waals surface area (Å²) < 4.78 is 11.1. The number of aliphatic hydroxyl groups is 1. The van der Waals surface area contributed by atoms with E-state index >= 15 is 0 Å². The van der Waals surface area contributed by atoms with Crippen LogP contribution in [0.5, 0.6) is 11.5 Å². The Balaban J connectivity index is 1.78. The monoisotopic (exact) mass is 467 g/mol. The minimum Gasteiger partial charge on any atom is -0.507 e. The van der Waals surface area contributed by atoms with Gasteiger partial charge in [-0.1, -0.05) is 0 Å². The van der Waals surface area contributed by atoms with Crippen LogP contribution in [0.3, 0.4) is 0 Å². The molecule has 0 bridgehead atoms. The highest BCUT2D eigenvalue weighted by Crippen LogP contribution is 2.41. The number of rotatable bonds is 7. The summed E-state index contributed by atoms with van der Waals surface area (Å²) in [6.45, 7) is 1.74. The Morgan fingerprint density at radius 3 is 2.44 bits per heavy atom. The number of hydrogen-bond donors (Lipinski definition) is 1. The average Bonchev–Trinajstić information content (AvgIpc) is 3.08. The summed E-state index contributed by atoms with van der Waals surface area (Å²) in [6, 6.07) is 9.56. The number of amides is 1. The lowest BCUT2D eigenvalue weighted by atomic mass is 9.95. The fraction of sp³-hybridized carbons (Fsp3) is 0.333. The van der Waals surface area contributed by atoms with Crippen LogP contribution in [-0.2, 0) is 9.59 Å². The van der Waals surface area contributed by atoms with Crippen molar-refractivity contribution in [1.29, 1.82) is 0 Å². The van der Waals surface area contributed by atoms with Gasteiger partial charge in [0.25, 0.3) is 17.4 Å². The van der Waals surface area contributed by atoms with Crippen molar-refractivity contribution in [3.8, 4) is 11.5 Å². The number of non-ortho nitro benzene ring substituents is 1. The molecule has 0 radical (unpaired) electrons. The van der Waals surface area contributed by atoms with Crippen LogP contribution in [0.2, 0.25) is 0 Å². The van der Waals surface area contributed by atoms with Crippen molar-refractivity contribution in [3.05, 3.63) is 69.3 Å². The molecule has 0 unspecified atom stereocenters. The van der Waals surface area contributed by atoms with Gasteiger partial charge in [0.1, 0.15) is 19.0 Å². The first kappa shape index (κ1) is 23.2. The molecule has 2 aromatic carbocycles. The summed E-state index contributed by atoms with van der Waals surface area (Å²) in [5, 5.41) is 22.3. The van der Waals surface area contributed by atoms with E-state index in [0.29, 0.717) is 48.8 Å². The van der Waals surface area contributed by atoms with E-state index in [0.717, 1.165) is 0 Å². The van der Waals surface area contributed by atoms with E-state index in [4.69, 9.17) is 9.47 Å². The smallest absolute Gasteiger partial charge is 0.295 e. The summed E-state index contributed by atoms with van der Waals surface area (Å²) in [5.41, 5.74) is 0.622. The van der Waals surface area contributed by atoms with E-state index in [1.807, 2.05) is 19.0 Å². The van der Waals surface area contributed by atoms with Gasteiger partial charge in [0.15, 0.2) is 11.5 Å². The van der Waals surface area contributed by atoms with E-state index < -0.39 is 22.7 Å². The van der Waals surface area contributed by atoms with Crippen molar-refractivity contribution < 1.29 is 29.1 Å². The van der Waals surface area contributed by atoms with E-state index in [9.17, 15) is 24.8 Å². The fourth-order valence-electron chi connectivity index (χ4n) is 4.14. The molecule has 0 spiro atoms. The Morgan fingerprint density at radius 2 is 1.79 bits per heavy atom. The van der Waals surface area contributed by atoms with Crippen LogP contribution in [0.15, 0.2) is 48.0 Å². The average molecular weight is 467 g/mol. The number of carbonyl (C=O) groups is 2. The molecule has 0 aliphatic carbocycles. The molecule has 0 saturated carbocycles. The first-order chi connectivity index (χ1) is 16.3. The number of hydrogen-bond acceptors (Lipinski definition) is 8. The third-order valence-corrected chi connectivity index (χ3v) is 5.78. The zero-order valence-electron chi connectivity index (χ0n) is 18.9. The van der Waals surface area contributed by atoms with Crippen molar-refractivity contribution in [2.75, 3.05) is 40.4 Å². The molecule has 1 atom stereocenters. The maximum atomic E-state index is 13.1. The molecule has 1 saturated heterocycles. The number of nitro benzene ring substituents is 1. The van der Waals surface area contributed by atoms with Crippen molar-refractivity contribution >= 4 is 23.1 Å². The number of ketones is 1. The zero-order valence-corrected chi connectivity index (χ0v) is 18.9. The number of carbonyl (C=O) groups excluding carboxylic acids is 2. The largest absolute Gasteiger partial charge is 0.507 e. The Bertz CT molecular complexity index is 1160. The second-order valence-electron chi connectivity index (χ2n) is 8.36. The third kappa shape index (κ3) is 4.44. The zero-order chi connectivity index (χ0) is 24.4. The number of benzene rings is 2. The summed E-state index contributed by atoms with van der Waals surface area (Å²) in [7, 11) is 3.81. The van der Waals surface area contributed by atoms with Crippen LogP contribution >= 0.6 is 0 Å². The second kappa shape index (κ2) is 9.52. The van der Waals surface area contributed by atoms with E-state index in [1.54, 1.807) is 18.2 Å². The van der Waals surface area contributed by atoms with Gasteiger partial charge in [-0.2, -0.15) is 0 Å². The maximum Gasteiger partial charge on any atom is 0.295 e. The highest BCUT2D eigenvalue weighted by Gasteiger charge is 2.46. The molecule has 34 heavy (non-hydrogen) atoms. The molecule has 4 rings (SSSR count). The van der Waals surface area contributed by atoms with E-state index in [1.165, 1.54) is 29.2 Å². The summed E-state index contributed by atoms with van der Waals surface area (Å²) in [5.74, 6) is -0.906. The van der Waals surface area contributed by atoms with Gasteiger partial charge in [-0.3, -0.25) is 19.7 Å². The molecule has 178 valence electrons. The van der Waals surface area contributed by atoms with Gasteiger partial charge < -0.3 is 24.4 Å². The first-order valence-electron chi connectivity index (χ1n) is 10.9. The second-order valence-corrected chi connectivity index (χ2v) is 8.36. The van der Waals surface area contributed by atoms with Crippen LogP contribution in [0.1, 0.15) is 23.6 Å². The molecule has 10 nitrogen and oxygen atoms in total. The predicted molar refractivity (Wildman–Crippen MR) is 123 cm³/mol. The van der Waals surface area contributed by atoms with Crippen LogP contribution in [0.25, 0.3) is 5.76 Å². The molecular weight excluding hydrogens is 442 g/mol. The Hall–Kier alpha value is -3.92. The van der Waals surface area contributed by atoms with Gasteiger partial charge in [0.2, 0.25) is 0 Å². The molecule has 0 aromatic heterocycles. The van der Waals surface area contributed by atoms with E-state index in [2.05, 4.69) is 0 Å². The Kier molecular flexibility index (Phi) is 6.51. The molecule has 2 aromatic rings. The molecule has 10 heteroatoms.